The molecule has 1 N–H and O–H groups in total. The highest BCUT2D eigenvalue weighted by Crippen LogP contribution is 2.18. The van der Waals surface area contributed by atoms with E-state index in [1.807, 2.05) is 0 Å². The van der Waals surface area contributed by atoms with Gasteiger partial charge in [0.25, 0.3) is 0 Å². The van der Waals surface area contributed by atoms with E-state index >= 15 is 0 Å². The van der Waals surface area contributed by atoms with E-state index in [0.29, 0.717) is 10.6 Å². The van der Waals surface area contributed by atoms with Crippen LogP contribution in [0, 0.1) is 0 Å². The normalized spacial score (nSPS) is 9.57. The summed E-state index contributed by atoms with van der Waals surface area (Å²) in [6.07, 6.45) is -1.28. The van der Waals surface area contributed by atoms with Crippen molar-refractivity contribution in [3.8, 4) is 0 Å². The summed E-state index contributed by atoms with van der Waals surface area (Å²) < 4.78 is 0.829. The molecule has 0 aliphatic carbocycles. The molecular formula is C9H8BrNO3. The smallest absolute Gasteiger partial charge is 0.418 e. The Morgan fingerprint density at radius 2 is 1.79 bits per heavy atom. The lowest BCUT2D eigenvalue weighted by Crippen LogP contribution is -2.33. The largest absolute Gasteiger partial charge is 0.464 e. The summed E-state index contributed by atoms with van der Waals surface area (Å²) in [4.78, 5) is 22.4. The maximum Gasteiger partial charge on any atom is 0.418 e. The molecule has 0 bridgehead atoms. The molecular weight excluding hydrogens is 250 g/mol. The number of halogens is 1. The SMILES string of the molecule is CC(=O)N(C(=O)O)c1ccc(Br)cc1. The third-order valence-electron chi connectivity index (χ3n) is 1.59. The molecule has 74 valence electrons. The number of carbonyl (C=O) groups excluding carboxylic acids is 1. The number of hydrogen-bond acceptors (Lipinski definition) is 2. The predicted octanol–water partition coefficient (Wildman–Crippen LogP) is 2.48. The summed E-state index contributed by atoms with van der Waals surface area (Å²) in [5.74, 6) is -0.528. The van der Waals surface area contributed by atoms with Crippen LogP contribution in [0.4, 0.5) is 10.5 Å². The number of carboxylic acid groups (broad SMARTS) is 1. The molecule has 0 fully saturated rings. The summed E-state index contributed by atoms with van der Waals surface area (Å²) in [6.45, 7) is 1.20. The second-order valence-electron chi connectivity index (χ2n) is 2.61. The first kappa shape index (κ1) is 10.7. The van der Waals surface area contributed by atoms with Crippen LogP contribution in [0.5, 0.6) is 0 Å². The molecule has 0 unspecified atom stereocenters. The number of carbonyl (C=O) groups is 2. The van der Waals surface area contributed by atoms with Crippen molar-refractivity contribution in [3.63, 3.8) is 0 Å². The van der Waals surface area contributed by atoms with E-state index < -0.39 is 12.0 Å². The molecule has 0 aromatic heterocycles. The van der Waals surface area contributed by atoms with Crippen molar-refractivity contribution in [2.45, 2.75) is 6.92 Å². The van der Waals surface area contributed by atoms with Crippen LogP contribution in [-0.2, 0) is 4.79 Å². The first-order valence-corrected chi connectivity index (χ1v) is 4.61. The molecule has 0 radical (unpaired) electrons. The van der Waals surface area contributed by atoms with Crippen LogP contribution in [0.25, 0.3) is 0 Å². The van der Waals surface area contributed by atoms with Crippen molar-refractivity contribution in [1.29, 1.82) is 0 Å². The van der Waals surface area contributed by atoms with Gasteiger partial charge in [-0.15, -0.1) is 0 Å². The van der Waals surface area contributed by atoms with Crippen molar-refractivity contribution < 1.29 is 14.7 Å². The Labute approximate surface area is 89.3 Å². The van der Waals surface area contributed by atoms with E-state index in [-0.39, 0.29) is 0 Å². The van der Waals surface area contributed by atoms with E-state index in [9.17, 15) is 9.59 Å². The first-order valence-electron chi connectivity index (χ1n) is 3.81. The van der Waals surface area contributed by atoms with Crippen LogP contribution >= 0.6 is 15.9 Å². The summed E-state index contributed by atoms with van der Waals surface area (Å²) in [6, 6.07) is 6.46. The zero-order valence-corrected chi connectivity index (χ0v) is 8.98. The fourth-order valence-electron chi connectivity index (χ4n) is 1.02. The number of benzene rings is 1. The predicted molar refractivity (Wildman–Crippen MR) is 55.3 cm³/mol. The standard InChI is InChI=1S/C9H8BrNO3/c1-6(12)11(9(13)14)8-4-2-7(10)3-5-8/h2-5H,1H3,(H,13,14). The van der Waals surface area contributed by atoms with Gasteiger partial charge in [-0.2, -0.15) is 0 Å². The second kappa shape index (κ2) is 4.23. The molecule has 0 atom stereocenters. The average Bonchev–Trinajstić information content (AvgIpc) is 2.07. The molecule has 0 aliphatic rings. The summed E-state index contributed by atoms with van der Waals surface area (Å²) in [5.41, 5.74) is 0.341. The Morgan fingerprint density at radius 1 is 1.29 bits per heavy atom. The number of hydrogen-bond donors (Lipinski definition) is 1. The maximum absolute atomic E-state index is 11.0. The van der Waals surface area contributed by atoms with E-state index in [2.05, 4.69) is 15.9 Å². The Morgan fingerprint density at radius 3 is 2.14 bits per heavy atom. The van der Waals surface area contributed by atoms with Gasteiger partial charge in [-0.3, -0.25) is 4.79 Å². The van der Waals surface area contributed by atoms with Gasteiger partial charge >= 0.3 is 6.09 Å². The molecule has 0 spiro atoms. The third-order valence-corrected chi connectivity index (χ3v) is 2.12. The van der Waals surface area contributed by atoms with Gasteiger partial charge in [-0.1, -0.05) is 15.9 Å². The van der Waals surface area contributed by atoms with Gasteiger partial charge in [0.15, 0.2) is 0 Å². The minimum absolute atomic E-state index is 0.341. The van der Waals surface area contributed by atoms with Gasteiger partial charge in [-0.05, 0) is 24.3 Å². The van der Waals surface area contributed by atoms with Crippen LogP contribution in [0.2, 0.25) is 0 Å². The van der Waals surface area contributed by atoms with Crippen molar-refractivity contribution in [3.05, 3.63) is 28.7 Å². The average molecular weight is 258 g/mol. The van der Waals surface area contributed by atoms with Gasteiger partial charge in [0.05, 0.1) is 5.69 Å². The zero-order valence-electron chi connectivity index (χ0n) is 7.40. The maximum atomic E-state index is 11.0. The summed E-state index contributed by atoms with van der Waals surface area (Å²) in [7, 11) is 0. The summed E-state index contributed by atoms with van der Waals surface area (Å²) >= 11 is 3.22. The zero-order chi connectivity index (χ0) is 10.7. The minimum Gasteiger partial charge on any atom is -0.464 e. The Balaban J connectivity index is 3.06. The molecule has 4 nitrogen and oxygen atoms in total. The Hall–Kier alpha value is -1.36. The van der Waals surface area contributed by atoms with E-state index in [1.54, 1.807) is 24.3 Å². The monoisotopic (exact) mass is 257 g/mol. The number of nitrogens with zero attached hydrogens (tertiary/aromatic N) is 1. The molecule has 1 rings (SSSR count). The fraction of sp³-hybridized carbons (Fsp3) is 0.111. The fourth-order valence-corrected chi connectivity index (χ4v) is 1.28. The molecule has 2 amide bonds. The number of imide groups is 1. The van der Waals surface area contributed by atoms with Gasteiger partial charge in [0, 0.05) is 11.4 Å². The Kier molecular flexibility index (Phi) is 3.24. The molecule has 0 saturated heterocycles. The lowest BCUT2D eigenvalue weighted by molar-refractivity contribution is -0.116. The highest BCUT2D eigenvalue weighted by Gasteiger charge is 2.18. The van der Waals surface area contributed by atoms with Crippen molar-refractivity contribution in [2.24, 2.45) is 0 Å². The van der Waals surface area contributed by atoms with Gasteiger partial charge in [-0.25, -0.2) is 9.69 Å². The molecule has 14 heavy (non-hydrogen) atoms. The molecule has 1 aromatic rings. The Bertz CT molecular complexity index is 347. The van der Waals surface area contributed by atoms with Gasteiger partial charge in [0.1, 0.15) is 0 Å². The van der Waals surface area contributed by atoms with Crippen LogP contribution in [0.1, 0.15) is 6.92 Å². The first-order chi connectivity index (χ1) is 6.52. The van der Waals surface area contributed by atoms with Crippen molar-refractivity contribution in [2.75, 3.05) is 4.90 Å². The topological polar surface area (TPSA) is 57.6 Å². The molecule has 1 aromatic carbocycles. The second-order valence-corrected chi connectivity index (χ2v) is 3.53. The van der Waals surface area contributed by atoms with Crippen LogP contribution in [0.15, 0.2) is 28.7 Å². The quantitative estimate of drug-likeness (QED) is 0.841. The number of rotatable bonds is 1. The lowest BCUT2D eigenvalue weighted by atomic mass is 10.3. The number of amides is 2. The molecule has 0 saturated carbocycles. The third kappa shape index (κ3) is 2.32. The number of anilines is 1. The van der Waals surface area contributed by atoms with E-state index in [0.717, 1.165) is 4.47 Å². The molecule has 0 aliphatic heterocycles. The van der Waals surface area contributed by atoms with Crippen molar-refractivity contribution in [1.82, 2.24) is 0 Å². The van der Waals surface area contributed by atoms with E-state index in [1.165, 1.54) is 6.92 Å². The van der Waals surface area contributed by atoms with Gasteiger partial charge < -0.3 is 5.11 Å². The highest BCUT2D eigenvalue weighted by atomic mass is 79.9. The van der Waals surface area contributed by atoms with E-state index in [4.69, 9.17) is 5.11 Å². The summed E-state index contributed by atoms with van der Waals surface area (Å²) in [5, 5.41) is 8.76. The lowest BCUT2D eigenvalue weighted by Gasteiger charge is -2.14. The molecule has 5 heteroatoms. The molecule has 0 heterocycles. The van der Waals surface area contributed by atoms with Gasteiger partial charge in [0.2, 0.25) is 5.91 Å². The van der Waals surface area contributed by atoms with Crippen LogP contribution < -0.4 is 4.90 Å². The highest BCUT2D eigenvalue weighted by molar-refractivity contribution is 9.10. The van der Waals surface area contributed by atoms with Crippen LogP contribution in [0.3, 0.4) is 0 Å². The van der Waals surface area contributed by atoms with Crippen molar-refractivity contribution >= 4 is 33.6 Å². The minimum atomic E-state index is -1.28. The van der Waals surface area contributed by atoms with Crippen LogP contribution in [-0.4, -0.2) is 17.1 Å².